The first-order valence-electron chi connectivity index (χ1n) is 8.66. The zero-order valence-electron chi connectivity index (χ0n) is 15.7. The lowest BCUT2D eigenvalue weighted by Gasteiger charge is -2.09. The topological polar surface area (TPSA) is 103 Å². The number of ether oxygens (including phenoxy) is 3. The normalized spacial score (nSPS) is 10.1. The van der Waals surface area contributed by atoms with Crippen molar-refractivity contribution in [1.29, 1.82) is 0 Å². The van der Waals surface area contributed by atoms with Gasteiger partial charge >= 0.3 is 6.16 Å². The van der Waals surface area contributed by atoms with E-state index in [1.54, 1.807) is 31.2 Å². The second kappa shape index (κ2) is 10.7. The minimum Gasteiger partial charge on any atom is -0.434 e. The third-order valence-corrected chi connectivity index (χ3v) is 3.54. The quantitative estimate of drug-likeness (QED) is 0.532. The molecular weight excluding hydrogens is 364 g/mol. The molecule has 0 heterocycles. The largest absolute Gasteiger partial charge is 0.513 e. The molecule has 0 radical (unpaired) electrons. The predicted octanol–water partition coefficient (Wildman–Crippen LogP) is 3.45. The Hall–Kier alpha value is -3.39. The van der Waals surface area contributed by atoms with Crippen molar-refractivity contribution < 1.29 is 28.6 Å². The van der Waals surface area contributed by atoms with E-state index in [0.29, 0.717) is 23.5 Å². The van der Waals surface area contributed by atoms with Gasteiger partial charge in [0.2, 0.25) is 5.91 Å². The number of amides is 2. The number of carbonyl (C=O) groups excluding carboxylic acids is 3. The summed E-state index contributed by atoms with van der Waals surface area (Å²) in [6.45, 7) is 2.25. The summed E-state index contributed by atoms with van der Waals surface area (Å²) < 4.78 is 14.5. The second-order valence-corrected chi connectivity index (χ2v) is 5.63. The highest BCUT2D eigenvalue weighted by atomic mass is 16.7. The molecule has 2 aromatic carbocycles. The summed E-state index contributed by atoms with van der Waals surface area (Å²) in [6, 6.07) is 12.8. The summed E-state index contributed by atoms with van der Waals surface area (Å²) in [7, 11) is 1.53. The molecule has 0 fully saturated rings. The second-order valence-electron chi connectivity index (χ2n) is 5.63. The zero-order valence-corrected chi connectivity index (χ0v) is 15.7. The van der Waals surface area contributed by atoms with Crippen molar-refractivity contribution in [3.8, 4) is 5.75 Å². The Balaban J connectivity index is 1.90. The van der Waals surface area contributed by atoms with E-state index in [4.69, 9.17) is 9.47 Å². The minimum absolute atomic E-state index is 0.149. The van der Waals surface area contributed by atoms with Crippen LogP contribution in [0.4, 0.5) is 16.2 Å². The van der Waals surface area contributed by atoms with E-state index in [1.807, 2.05) is 0 Å². The lowest BCUT2D eigenvalue weighted by molar-refractivity contribution is -0.117. The molecule has 0 saturated carbocycles. The third kappa shape index (κ3) is 6.73. The number of carbonyl (C=O) groups is 3. The van der Waals surface area contributed by atoms with Crippen LogP contribution < -0.4 is 15.4 Å². The van der Waals surface area contributed by atoms with Crippen LogP contribution in [0.15, 0.2) is 48.5 Å². The van der Waals surface area contributed by atoms with Crippen LogP contribution in [0.25, 0.3) is 0 Å². The molecule has 2 rings (SSSR count). The van der Waals surface area contributed by atoms with Crippen molar-refractivity contribution in [1.82, 2.24) is 0 Å². The van der Waals surface area contributed by atoms with Gasteiger partial charge in [0.25, 0.3) is 5.91 Å². The van der Waals surface area contributed by atoms with E-state index in [-0.39, 0.29) is 30.6 Å². The molecule has 0 aliphatic heterocycles. The number of rotatable bonds is 8. The molecule has 2 amide bonds. The Morgan fingerprint density at radius 2 is 1.50 bits per heavy atom. The standard InChI is InChI=1S/C20H22N2O6/c1-3-27-20(25)28-17-10-4-14(5-11-17)19(24)22-16-8-6-15(7-9-16)21-18(23)12-13-26-2/h4-11H,3,12-13H2,1-2H3,(H,21,23)(H,22,24). The number of nitrogens with one attached hydrogen (secondary N) is 2. The van der Waals surface area contributed by atoms with Crippen LogP contribution in [0.1, 0.15) is 23.7 Å². The fraction of sp³-hybridized carbons (Fsp3) is 0.250. The van der Waals surface area contributed by atoms with E-state index >= 15 is 0 Å². The maximum absolute atomic E-state index is 12.3. The molecule has 8 nitrogen and oxygen atoms in total. The average molecular weight is 386 g/mol. The van der Waals surface area contributed by atoms with Crippen molar-refractivity contribution in [2.75, 3.05) is 31.0 Å². The first-order chi connectivity index (χ1) is 13.5. The van der Waals surface area contributed by atoms with Crippen LogP contribution in [0, 0.1) is 0 Å². The van der Waals surface area contributed by atoms with Gasteiger partial charge in [-0.1, -0.05) is 0 Å². The fourth-order valence-corrected chi connectivity index (χ4v) is 2.18. The lowest BCUT2D eigenvalue weighted by Crippen LogP contribution is -2.14. The Labute approximate surface area is 162 Å². The van der Waals surface area contributed by atoms with E-state index in [9.17, 15) is 14.4 Å². The molecule has 0 aromatic heterocycles. The summed E-state index contributed by atoms with van der Waals surface area (Å²) in [5.74, 6) is -0.188. The van der Waals surface area contributed by atoms with Gasteiger partial charge in [-0.2, -0.15) is 0 Å². The van der Waals surface area contributed by atoms with Crippen LogP contribution in [-0.2, 0) is 14.3 Å². The van der Waals surface area contributed by atoms with Gasteiger partial charge in [0, 0.05) is 24.0 Å². The minimum atomic E-state index is -0.797. The smallest absolute Gasteiger partial charge is 0.434 e. The van der Waals surface area contributed by atoms with E-state index in [0.717, 1.165) is 0 Å². The van der Waals surface area contributed by atoms with Crippen molar-refractivity contribution >= 4 is 29.3 Å². The van der Waals surface area contributed by atoms with Crippen molar-refractivity contribution in [3.63, 3.8) is 0 Å². The summed E-state index contributed by atoms with van der Waals surface area (Å²) in [5, 5.41) is 5.49. The van der Waals surface area contributed by atoms with Gasteiger partial charge in [0.1, 0.15) is 5.75 Å². The van der Waals surface area contributed by atoms with Crippen LogP contribution in [0.2, 0.25) is 0 Å². The molecule has 0 saturated heterocycles. The predicted molar refractivity (Wildman–Crippen MR) is 104 cm³/mol. The van der Waals surface area contributed by atoms with Crippen LogP contribution in [0.3, 0.4) is 0 Å². The molecule has 0 unspecified atom stereocenters. The first kappa shape index (κ1) is 20.9. The maximum Gasteiger partial charge on any atom is 0.513 e. The highest BCUT2D eigenvalue weighted by molar-refractivity contribution is 6.04. The molecule has 0 atom stereocenters. The van der Waals surface area contributed by atoms with Gasteiger partial charge in [0.15, 0.2) is 0 Å². The highest BCUT2D eigenvalue weighted by Gasteiger charge is 2.09. The monoisotopic (exact) mass is 386 g/mol. The van der Waals surface area contributed by atoms with Crippen molar-refractivity contribution in [2.24, 2.45) is 0 Å². The Morgan fingerprint density at radius 3 is 2.07 bits per heavy atom. The lowest BCUT2D eigenvalue weighted by atomic mass is 10.2. The number of benzene rings is 2. The molecule has 0 aliphatic carbocycles. The van der Waals surface area contributed by atoms with Crippen molar-refractivity contribution in [2.45, 2.75) is 13.3 Å². The Bertz CT molecular complexity index is 802. The Kier molecular flexibility index (Phi) is 7.98. The SMILES string of the molecule is CCOC(=O)Oc1ccc(C(=O)Nc2ccc(NC(=O)CCOC)cc2)cc1. The summed E-state index contributed by atoms with van der Waals surface area (Å²) in [4.78, 5) is 35.2. The van der Waals surface area contributed by atoms with Gasteiger partial charge < -0.3 is 24.8 Å². The molecule has 148 valence electrons. The molecule has 2 N–H and O–H groups in total. The molecule has 2 aromatic rings. The van der Waals surface area contributed by atoms with E-state index in [1.165, 1.54) is 31.4 Å². The van der Waals surface area contributed by atoms with Crippen molar-refractivity contribution in [3.05, 3.63) is 54.1 Å². The van der Waals surface area contributed by atoms with Crippen LogP contribution in [0.5, 0.6) is 5.75 Å². The Morgan fingerprint density at radius 1 is 0.893 bits per heavy atom. The maximum atomic E-state index is 12.3. The number of hydrogen-bond donors (Lipinski definition) is 2. The summed E-state index contributed by atoms with van der Waals surface area (Å²) in [5.41, 5.74) is 1.60. The number of hydrogen-bond acceptors (Lipinski definition) is 6. The molecule has 0 spiro atoms. The van der Waals surface area contributed by atoms with E-state index in [2.05, 4.69) is 15.4 Å². The zero-order chi connectivity index (χ0) is 20.4. The first-order valence-corrected chi connectivity index (χ1v) is 8.66. The van der Waals surface area contributed by atoms with Gasteiger partial charge in [-0.25, -0.2) is 4.79 Å². The summed E-state index contributed by atoms with van der Waals surface area (Å²) in [6.07, 6.45) is -0.528. The molecule has 0 aliphatic rings. The molecule has 0 bridgehead atoms. The van der Waals surface area contributed by atoms with Gasteiger partial charge in [-0.05, 0) is 55.5 Å². The van der Waals surface area contributed by atoms with Gasteiger partial charge in [-0.15, -0.1) is 0 Å². The molecular formula is C20H22N2O6. The average Bonchev–Trinajstić information content (AvgIpc) is 2.68. The molecule has 28 heavy (non-hydrogen) atoms. The van der Waals surface area contributed by atoms with Gasteiger partial charge in [0.05, 0.1) is 19.6 Å². The van der Waals surface area contributed by atoms with Crippen LogP contribution >= 0.6 is 0 Å². The summed E-state index contributed by atoms with van der Waals surface area (Å²) >= 11 is 0. The van der Waals surface area contributed by atoms with Crippen LogP contribution in [-0.4, -0.2) is 38.3 Å². The number of anilines is 2. The van der Waals surface area contributed by atoms with Gasteiger partial charge in [-0.3, -0.25) is 9.59 Å². The third-order valence-electron chi connectivity index (χ3n) is 3.54. The molecule has 8 heteroatoms. The highest BCUT2D eigenvalue weighted by Crippen LogP contribution is 2.17. The fourth-order valence-electron chi connectivity index (χ4n) is 2.18. The van der Waals surface area contributed by atoms with E-state index < -0.39 is 6.16 Å². The number of methoxy groups -OCH3 is 1.